The van der Waals surface area contributed by atoms with Crippen molar-refractivity contribution in [3.05, 3.63) is 52.1 Å². The summed E-state index contributed by atoms with van der Waals surface area (Å²) in [6, 6.07) is 5.44. The molecule has 1 saturated heterocycles. The van der Waals surface area contributed by atoms with Crippen LogP contribution in [-0.2, 0) is 16.6 Å². The number of rotatable bonds is 3. The van der Waals surface area contributed by atoms with E-state index in [0.29, 0.717) is 10.8 Å². The van der Waals surface area contributed by atoms with Gasteiger partial charge in [-0.3, -0.25) is 4.79 Å². The van der Waals surface area contributed by atoms with E-state index in [-0.39, 0.29) is 17.9 Å². The third kappa shape index (κ3) is 3.53. The Labute approximate surface area is 164 Å². The van der Waals surface area contributed by atoms with Gasteiger partial charge in [0.05, 0.1) is 5.69 Å². The summed E-state index contributed by atoms with van der Waals surface area (Å²) in [4.78, 5) is 23.8. The van der Waals surface area contributed by atoms with Gasteiger partial charge in [-0.05, 0) is 68.9 Å². The SMILES string of the molecule is Cc1ncc2c(n1)C1(CCCN(C(=O)COc3ccc(Cl)cc3C)C1)CC2. The van der Waals surface area contributed by atoms with Crippen molar-refractivity contribution in [3.63, 3.8) is 0 Å². The summed E-state index contributed by atoms with van der Waals surface area (Å²) in [5.41, 5.74) is 3.31. The first kappa shape index (κ1) is 18.2. The van der Waals surface area contributed by atoms with Crippen LogP contribution in [0.25, 0.3) is 0 Å². The monoisotopic (exact) mass is 385 g/mol. The third-order valence-corrected chi connectivity index (χ3v) is 6.01. The number of benzene rings is 1. The Hall–Kier alpha value is -2.14. The van der Waals surface area contributed by atoms with E-state index in [2.05, 4.69) is 4.98 Å². The van der Waals surface area contributed by atoms with E-state index in [1.54, 1.807) is 6.07 Å². The van der Waals surface area contributed by atoms with Gasteiger partial charge in [0.25, 0.3) is 5.91 Å². The molecule has 1 fully saturated rings. The summed E-state index contributed by atoms with van der Waals surface area (Å²) < 4.78 is 5.77. The van der Waals surface area contributed by atoms with E-state index in [9.17, 15) is 4.79 Å². The van der Waals surface area contributed by atoms with Crippen LogP contribution in [-0.4, -0.2) is 40.5 Å². The molecule has 1 aromatic heterocycles. The number of hydrogen-bond donors (Lipinski definition) is 0. The van der Waals surface area contributed by atoms with Gasteiger partial charge >= 0.3 is 0 Å². The van der Waals surface area contributed by atoms with Gasteiger partial charge < -0.3 is 9.64 Å². The Morgan fingerprint density at radius 2 is 2.19 bits per heavy atom. The minimum Gasteiger partial charge on any atom is -0.483 e. The van der Waals surface area contributed by atoms with Gasteiger partial charge in [0.2, 0.25) is 0 Å². The fourth-order valence-corrected chi connectivity index (χ4v) is 4.60. The van der Waals surface area contributed by atoms with Gasteiger partial charge in [-0.25, -0.2) is 9.97 Å². The van der Waals surface area contributed by atoms with E-state index < -0.39 is 0 Å². The number of aromatic nitrogens is 2. The number of halogens is 1. The van der Waals surface area contributed by atoms with Gasteiger partial charge in [-0.2, -0.15) is 0 Å². The Bertz CT molecular complexity index is 882. The lowest BCUT2D eigenvalue weighted by Gasteiger charge is -2.40. The molecular weight excluding hydrogens is 362 g/mol. The van der Waals surface area contributed by atoms with Gasteiger partial charge in [-0.1, -0.05) is 11.6 Å². The molecule has 1 aliphatic carbocycles. The van der Waals surface area contributed by atoms with Gasteiger partial charge in [-0.15, -0.1) is 0 Å². The van der Waals surface area contributed by atoms with Crippen LogP contribution < -0.4 is 4.74 Å². The summed E-state index contributed by atoms with van der Waals surface area (Å²) in [5, 5.41) is 0.668. The average molecular weight is 386 g/mol. The van der Waals surface area contributed by atoms with E-state index in [4.69, 9.17) is 21.3 Å². The number of amides is 1. The fraction of sp³-hybridized carbons (Fsp3) is 0.476. The highest BCUT2D eigenvalue weighted by molar-refractivity contribution is 6.30. The lowest BCUT2D eigenvalue weighted by molar-refractivity contribution is -0.135. The number of nitrogens with zero attached hydrogens (tertiary/aromatic N) is 3. The van der Waals surface area contributed by atoms with Crippen molar-refractivity contribution in [1.29, 1.82) is 0 Å². The third-order valence-electron chi connectivity index (χ3n) is 5.78. The normalized spacial score (nSPS) is 21.4. The molecule has 142 valence electrons. The standard InChI is InChI=1S/C21H24ClN3O2/c1-14-10-17(22)4-5-18(14)27-12-19(26)25-9-3-7-21(13-25)8-6-16-11-23-15(2)24-20(16)21/h4-5,10-11H,3,6-9,12-13H2,1-2H3. The largest absolute Gasteiger partial charge is 0.483 e. The molecule has 0 saturated carbocycles. The van der Waals surface area contributed by atoms with Crippen LogP contribution in [0.1, 0.15) is 41.9 Å². The van der Waals surface area contributed by atoms with E-state index in [1.807, 2.05) is 37.1 Å². The van der Waals surface area contributed by atoms with Crippen molar-refractivity contribution in [1.82, 2.24) is 14.9 Å². The summed E-state index contributed by atoms with van der Waals surface area (Å²) in [6.07, 6.45) is 6.07. The average Bonchev–Trinajstić information content (AvgIpc) is 2.98. The van der Waals surface area contributed by atoms with Crippen molar-refractivity contribution in [2.75, 3.05) is 19.7 Å². The maximum Gasteiger partial charge on any atom is 0.260 e. The minimum absolute atomic E-state index is 0.0207. The summed E-state index contributed by atoms with van der Waals surface area (Å²) >= 11 is 5.98. The zero-order valence-corrected chi connectivity index (χ0v) is 16.6. The Kier molecular flexibility index (Phi) is 4.81. The topological polar surface area (TPSA) is 55.3 Å². The molecule has 1 aliphatic heterocycles. The number of fused-ring (bicyclic) bond motifs is 2. The highest BCUT2D eigenvalue weighted by Crippen LogP contribution is 2.43. The zero-order valence-electron chi connectivity index (χ0n) is 15.8. The molecule has 1 atom stereocenters. The predicted molar refractivity (Wildman–Crippen MR) is 104 cm³/mol. The molecule has 0 radical (unpaired) electrons. The molecule has 0 N–H and O–H groups in total. The Morgan fingerprint density at radius 1 is 1.33 bits per heavy atom. The van der Waals surface area contributed by atoms with E-state index in [0.717, 1.165) is 55.9 Å². The Balaban J connectivity index is 1.46. The van der Waals surface area contributed by atoms with Gasteiger partial charge in [0.15, 0.2) is 6.61 Å². The second-order valence-corrected chi connectivity index (χ2v) is 8.13. The molecule has 2 heterocycles. The fourth-order valence-electron chi connectivity index (χ4n) is 4.38. The predicted octanol–water partition coefficient (Wildman–Crippen LogP) is 3.63. The van der Waals surface area contributed by atoms with Crippen molar-refractivity contribution in [2.24, 2.45) is 0 Å². The Morgan fingerprint density at radius 3 is 3.00 bits per heavy atom. The molecule has 0 bridgehead atoms. The molecule has 1 aromatic carbocycles. The first-order valence-corrected chi connectivity index (χ1v) is 9.84. The number of likely N-dealkylation sites (tertiary alicyclic amines) is 1. The zero-order chi connectivity index (χ0) is 19.0. The number of ether oxygens (including phenoxy) is 1. The van der Waals surface area contributed by atoms with Crippen LogP contribution in [0, 0.1) is 13.8 Å². The van der Waals surface area contributed by atoms with Crippen LogP contribution in [0.3, 0.4) is 0 Å². The second-order valence-electron chi connectivity index (χ2n) is 7.69. The molecule has 2 aromatic rings. The van der Waals surface area contributed by atoms with Gasteiger partial charge in [0.1, 0.15) is 11.6 Å². The van der Waals surface area contributed by atoms with Crippen molar-refractivity contribution < 1.29 is 9.53 Å². The van der Waals surface area contributed by atoms with Gasteiger partial charge in [0, 0.05) is 29.7 Å². The number of carbonyl (C=O) groups excluding carboxylic acids is 1. The summed E-state index contributed by atoms with van der Waals surface area (Å²) in [6.45, 7) is 5.41. The van der Waals surface area contributed by atoms with Crippen molar-refractivity contribution in [2.45, 2.75) is 44.9 Å². The number of aryl methyl sites for hydroxylation is 3. The molecular formula is C21H24ClN3O2. The van der Waals surface area contributed by atoms with E-state index >= 15 is 0 Å². The van der Waals surface area contributed by atoms with Crippen molar-refractivity contribution >= 4 is 17.5 Å². The number of hydrogen-bond acceptors (Lipinski definition) is 4. The smallest absolute Gasteiger partial charge is 0.260 e. The molecule has 1 unspecified atom stereocenters. The lowest BCUT2D eigenvalue weighted by Crippen LogP contribution is -2.49. The highest BCUT2D eigenvalue weighted by atomic mass is 35.5. The molecule has 2 aliphatic rings. The quantitative estimate of drug-likeness (QED) is 0.809. The van der Waals surface area contributed by atoms with Crippen LogP contribution >= 0.6 is 11.6 Å². The summed E-state index contributed by atoms with van der Waals surface area (Å²) in [7, 11) is 0. The molecule has 1 amide bonds. The second kappa shape index (κ2) is 7.12. The van der Waals surface area contributed by atoms with E-state index in [1.165, 1.54) is 5.56 Å². The lowest BCUT2D eigenvalue weighted by atomic mass is 9.77. The first-order valence-electron chi connectivity index (χ1n) is 9.47. The maximum absolute atomic E-state index is 12.8. The minimum atomic E-state index is -0.0207. The molecule has 6 heteroatoms. The molecule has 4 rings (SSSR count). The maximum atomic E-state index is 12.8. The van der Waals surface area contributed by atoms with Crippen LogP contribution in [0.2, 0.25) is 5.02 Å². The van der Waals surface area contributed by atoms with Crippen LogP contribution in [0.15, 0.2) is 24.4 Å². The summed E-state index contributed by atoms with van der Waals surface area (Å²) in [5.74, 6) is 1.54. The number of carbonyl (C=O) groups is 1. The van der Waals surface area contributed by atoms with Crippen LogP contribution in [0.5, 0.6) is 5.75 Å². The van der Waals surface area contributed by atoms with Crippen LogP contribution in [0.4, 0.5) is 0 Å². The first-order chi connectivity index (χ1) is 13.0. The molecule has 27 heavy (non-hydrogen) atoms. The number of piperidine rings is 1. The molecule has 5 nitrogen and oxygen atoms in total. The highest BCUT2D eigenvalue weighted by Gasteiger charge is 2.44. The molecule has 1 spiro atoms. The van der Waals surface area contributed by atoms with Crippen molar-refractivity contribution in [3.8, 4) is 5.75 Å².